The van der Waals surface area contributed by atoms with Gasteiger partial charge < -0.3 is 0 Å². The first-order chi connectivity index (χ1) is 10.0. The Hall–Kier alpha value is -1.62. The number of hydrogen-bond donors (Lipinski definition) is 0. The average Bonchev–Trinajstić information content (AvgIpc) is 3.00. The minimum Gasteiger partial charge on any atom is -0.292 e. The van der Waals surface area contributed by atoms with Gasteiger partial charge in [0.25, 0.3) is 0 Å². The van der Waals surface area contributed by atoms with Crippen molar-refractivity contribution in [2.75, 3.05) is 0 Å². The highest BCUT2D eigenvalue weighted by atomic mass is 35.5. The number of hydrogen-bond acceptors (Lipinski definition) is 3. The Kier molecular flexibility index (Phi) is 4.83. The molecule has 0 saturated heterocycles. The number of aromatic nitrogens is 4. The SMILES string of the molecule is CCc1nn(CC)c(CC(=O)c2cc(C)nn2CC)c1Cl. The Labute approximate surface area is 129 Å². The summed E-state index contributed by atoms with van der Waals surface area (Å²) in [5.74, 6) is 0.0246. The van der Waals surface area contributed by atoms with Crippen LogP contribution < -0.4 is 0 Å². The van der Waals surface area contributed by atoms with Crippen molar-refractivity contribution in [1.29, 1.82) is 0 Å². The van der Waals surface area contributed by atoms with Crippen LogP contribution in [-0.2, 0) is 25.9 Å². The second-order valence-electron chi connectivity index (χ2n) is 4.96. The Bertz CT molecular complexity index is 657. The summed E-state index contributed by atoms with van der Waals surface area (Å²) < 4.78 is 3.55. The first kappa shape index (κ1) is 15.8. The van der Waals surface area contributed by atoms with Crippen molar-refractivity contribution in [2.45, 2.75) is 53.6 Å². The largest absolute Gasteiger partial charge is 0.292 e. The van der Waals surface area contributed by atoms with Gasteiger partial charge in [0.2, 0.25) is 0 Å². The number of rotatable bonds is 6. The summed E-state index contributed by atoms with van der Waals surface area (Å²) in [6, 6.07) is 1.83. The van der Waals surface area contributed by atoms with Crippen LogP contribution in [0, 0.1) is 6.92 Å². The van der Waals surface area contributed by atoms with Crippen LogP contribution >= 0.6 is 11.6 Å². The topological polar surface area (TPSA) is 52.7 Å². The Morgan fingerprint density at radius 1 is 1.19 bits per heavy atom. The van der Waals surface area contributed by atoms with Crippen molar-refractivity contribution in [1.82, 2.24) is 19.6 Å². The van der Waals surface area contributed by atoms with Gasteiger partial charge >= 0.3 is 0 Å². The van der Waals surface area contributed by atoms with E-state index in [1.54, 1.807) is 4.68 Å². The molecule has 6 heteroatoms. The van der Waals surface area contributed by atoms with Crippen LogP contribution in [0.4, 0.5) is 0 Å². The molecule has 114 valence electrons. The summed E-state index contributed by atoms with van der Waals surface area (Å²) in [6.45, 7) is 9.25. The summed E-state index contributed by atoms with van der Waals surface area (Å²) in [5, 5.41) is 9.39. The molecule has 21 heavy (non-hydrogen) atoms. The quantitative estimate of drug-likeness (QED) is 0.771. The molecule has 0 N–H and O–H groups in total. The van der Waals surface area contributed by atoms with E-state index in [9.17, 15) is 4.79 Å². The maximum atomic E-state index is 12.6. The van der Waals surface area contributed by atoms with Crippen LogP contribution in [0.15, 0.2) is 6.07 Å². The van der Waals surface area contributed by atoms with Crippen LogP contribution in [0.25, 0.3) is 0 Å². The molecule has 0 fully saturated rings. The molecule has 0 saturated carbocycles. The smallest absolute Gasteiger partial charge is 0.186 e. The van der Waals surface area contributed by atoms with Gasteiger partial charge in [0.15, 0.2) is 5.78 Å². The molecular formula is C15H21ClN4O. The van der Waals surface area contributed by atoms with Gasteiger partial charge in [-0.1, -0.05) is 18.5 Å². The zero-order valence-electron chi connectivity index (χ0n) is 13.0. The molecule has 2 aromatic heterocycles. The van der Waals surface area contributed by atoms with Crippen molar-refractivity contribution in [2.24, 2.45) is 0 Å². The van der Waals surface area contributed by atoms with Crippen molar-refractivity contribution in [3.63, 3.8) is 0 Å². The van der Waals surface area contributed by atoms with E-state index in [1.807, 2.05) is 38.4 Å². The molecule has 0 aliphatic rings. The summed E-state index contributed by atoms with van der Waals surface area (Å²) in [4.78, 5) is 12.6. The third kappa shape index (κ3) is 3.02. The normalized spacial score (nSPS) is 11.1. The number of ketones is 1. The highest BCUT2D eigenvalue weighted by molar-refractivity contribution is 6.32. The van der Waals surface area contributed by atoms with Gasteiger partial charge in [0.1, 0.15) is 5.69 Å². The summed E-state index contributed by atoms with van der Waals surface area (Å²) >= 11 is 6.36. The first-order valence-corrected chi connectivity index (χ1v) is 7.71. The Balaban J connectivity index is 2.33. The maximum absolute atomic E-state index is 12.6. The van der Waals surface area contributed by atoms with E-state index in [1.165, 1.54) is 0 Å². The van der Waals surface area contributed by atoms with Gasteiger partial charge in [-0.25, -0.2) is 0 Å². The zero-order chi connectivity index (χ0) is 15.6. The molecular weight excluding hydrogens is 288 g/mol. The minimum absolute atomic E-state index is 0.0246. The maximum Gasteiger partial charge on any atom is 0.186 e. The number of Topliss-reactive ketones (excluding diaryl/α,β-unsaturated/α-hetero) is 1. The zero-order valence-corrected chi connectivity index (χ0v) is 13.7. The molecule has 0 amide bonds. The van der Waals surface area contributed by atoms with Crippen LogP contribution in [0.3, 0.4) is 0 Å². The molecule has 0 spiro atoms. The lowest BCUT2D eigenvalue weighted by Gasteiger charge is -2.06. The van der Waals surface area contributed by atoms with Crippen molar-refractivity contribution in [3.05, 3.63) is 33.9 Å². The number of carbonyl (C=O) groups is 1. The van der Waals surface area contributed by atoms with Crippen LogP contribution in [0.5, 0.6) is 0 Å². The molecule has 0 bridgehead atoms. The third-order valence-electron chi connectivity index (χ3n) is 3.51. The van der Waals surface area contributed by atoms with Crippen LogP contribution in [0.1, 0.15) is 48.3 Å². The fraction of sp³-hybridized carbons (Fsp3) is 0.533. The third-order valence-corrected chi connectivity index (χ3v) is 3.95. The lowest BCUT2D eigenvalue weighted by Crippen LogP contribution is -2.14. The summed E-state index contributed by atoms with van der Waals surface area (Å²) in [5.41, 5.74) is 3.13. The van der Waals surface area contributed by atoms with E-state index in [-0.39, 0.29) is 12.2 Å². The summed E-state index contributed by atoms with van der Waals surface area (Å²) in [6.07, 6.45) is 1.02. The molecule has 0 atom stereocenters. The average molecular weight is 309 g/mol. The predicted octanol–water partition coefficient (Wildman–Crippen LogP) is 3.07. The fourth-order valence-electron chi connectivity index (χ4n) is 2.44. The number of carbonyl (C=O) groups excluding carboxylic acids is 1. The van der Waals surface area contributed by atoms with Gasteiger partial charge in [-0.05, 0) is 33.3 Å². The lowest BCUT2D eigenvalue weighted by molar-refractivity contribution is 0.0980. The van der Waals surface area contributed by atoms with E-state index < -0.39 is 0 Å². The molecule has 2 aromatic rings. The van der Waals surface area contributed by atoms with E-state index >= 15 is 0 Å². The Morgan fingerprint density at radius 2 is 1.86 bits per heavy atom. The molecule has 5 nitrogen and oxygen atoms in total. The van der Waals surface area contributed by atoms with Gasteiger partial charge in [-0.2, -0.15) is 10.2 Å². The second-order valence-corrected chi connectivity index (χ2v) is 5.34. The second kappa shape index (κ2) is 6.43. The number of nitrogens with zero attached hydrogens (tertiary/aromatic N) is 4. The number of aryl methyl sites for hydroxylation is 4. The standard InChI is InChI=1S/C15H21ClN4O/c1-5-11-15(16)13(20(7-3)18-11)9-14(21)12-8-10(4)17-19(12)6-2/h8H,5-7,9H2,1-4H3. The minimum atomic E-state index is 0.0246. The monoisotopic (exact) mass is 308 g/mol. The van der Waals surface area contributed by atoms with Gasteiger partial charge in [-0.15, -0.1) is 0 Å². The molecule has 0 aliphatic carbocycles. The van der Waals surface area contributed by atoms with Crippen LogP contribution in [0.2, 0.25) is 5.02 Å². The van der Waals surface area contributed by atoms with Crippen molar-refractivity contribution in [3.8, 4) is 0 Å². The van der Waals surface area contributed by atoms with E-state index in [0.29, 0.717) is 23.8 Å². The van der Waals surface area contributed by atoms with Crippen molar-refractivity contribution >= 4 is 17.4 Å². The number of halogens is 1. The van der Waals surface area contributed by atoms with Gasteiger partial charge in [-0.3, -0.25) is 14.2 Å². The lowest BCUT2D eigenvalue weighted by atomic mass is 10.1. The van der Waals surface area contributed by atoms with Crippen LogP contribution in [-0.4, -0.2) is 25.3 Å². The molecule has 0 aliphatic heterocycles. The van der Waals surface area contributed by atoms with Gasteiger partial charge in [0, 0.05) is 13.1 Å². The Morgan fingerprint density at radius 3 is 2.43 bits per heavy atom. The molecule has 0 unspecified atom stereocenters. The molecule has 2 rings (SSSR count). The first-order valence-electron chi connectivity index (χ1n) is 7.33. The van der Waals surface area contributed by atoms with E-state index in [0.717, 1.165) is 23.5 Å². The molecule has 0 radical (unpaired) electrons. The fourth-order valence-corrected chi connectivity index (χ4v) is 2.78. The van der Waals surface area contributed by atoms with Crippen molar-refractivity contribution < 1.29 is 4.79 Å². The highest BCUT2D eigenvalue weighted by Crippen LogP contribution is 2.23. The highest BCUT2D eigenvalue weighted by Gasteiger charge is 2.20. The van der Waals surface area contributed by atoms with Gasteiger partial charge in [0.05, 0.1) is 28.5 Å². The van der Waals surface area contributed by atoms with E-state index in [2.05, 4.69) is 10.2 Å². The summed E-state index contributed by atoms with van der Waals surface area (Å²) in [7, 11) is 0. The predicted molar refractivity (Wildman–Crippen MR) is 83.0 cm³/mol. The molecule has 0 aromatic carbocycles. The molecule has 2 heterocycles. The van der Waals surface area contributed by atoms with E-state index in [4.69, 9.17) is 11.6 Å².